The Bertz CT molecular complexity index is 1220. The van der Waals surface area contributed by atoms with Gasteiger partial charge in [0, 0.05) is 12.1 Å². The van der Waals surface area contributed by atoms with Gasteiger partial charge in [-0.3, -0.25) is 14.5 Å². The monoisotopic (exact) mass is 483 g/mol. The highest BCUT2D eigenvalue weighted by atomic mass is 16.5. The van der Waals surface area contributed by atoms with E-state index in [4.69, 9.17) is 14.2 Å². The molecule has 0 radical (unpaired) electrons. The maximum absolute atomic E-state index is 13.5. The number of nitrogens with zero attached hydrogens (tertiary/aromatic N) is 1. The molecular weight excluding hydrogens is 454 g/mol. The molecule has 1 aromatic heterocycles. The number of aromatic nitrogens is 1. The fraction of sp³-hybridized carbons (Fsp3) is 0.440. The lowest BCUT2D eigenvalue weighted by atomic mass is 9.91. The van der Waals surface area contributed by atoms with E-state index in [0.29, 0.717) is 41.5 Å². The Labute approximate surface area is 202 Å². The summed E-state index contributed by atoms with van der Waals surface area (Å²) in [6.45, 7) is 9.27. The number of ether oxygens (including phenoxy) is 3. The van der Waals surface area contributed by atoms with Crippen LogP contribution in [0.2, 0.25) is 0 Å². The fourth-order valence-corrected chi connectivity index (χ4v) is 4.51. The number of carbonyl (C=O) groups excluding carboxylic acids is 4. The molecule has 2 aliphatic heterocycles. The van der Waals surface area contributed by atoms with Gasteiger partial charge in [0.1, 0.15) is 11.6 Å². The summed E-state index contributed by atoms with van der Waals surface area (Å²) in [6, 6.07) is 3.29. The highest BCUT2D eigenvalue weighted by Crippen LogP contribution is 2.37. The normalized spacial score (nSPS) is 20.3. The SMILES string of the molecule is CCOC(=O)c1c(C)[nH]c(C(=O)C(C)N2C(=O)NC(C)(c3ccc4c(c3)OCCCO4)C2=O)c1C. The number of esters is 1. The molecule has 3 amide bonds. The zero-order chi connectivity index (χ0) is 25.5. The molecule has 0 bridgehead atoms. The van der Waals surface area contributed by atoms with Gasteiger partial charge in [0.15, 0.2) is 11.5 Å². The minimum absolute atomic E-state index is 0.155. The summed E-state index contributed by atoms with van der Waals surface area (Å²) >= 11 is 0. The van der Waals surface area contributed by atoms with Gasteiger partial charge < -0.3 is 24.5 Å². The Morgan fingerprint density at radius 3 is 2.54 bits per heavy atom. The molecule has 2 aromatic rings. The number of fused-ring (bicyclic) bond motifs is 1. The first-order valence-corrected chi connectivity index (χ1v) is 11.6. The van der Waals surface area contributed by atoms with Crippen molar-refractivity contribution in [3.8, 4) is 11.5 Å². The fourth-order valence-electron chi connectivity index (χ4n) is 4.51. The number of hydrogen-bond acceptors (Lipinski definition) is 7. The highest BCUT2D eigenvalue weighted by Gasteiger charge is 2.52. The Hall–Kier alpha value is -3.82. The van der Waals surface area contributed by atoms with Crippen LogP contribution in [0, 0.1) is 13.8 Å². The molecule has 186 valence electrons. The first-order valence-electron chi connectivity index (χ1n) is 11.6. The molecule has 4 rings (SSSR count). The number of ketones is 1. The van der Waals surface area contributed by atoms with Crippen molar-refractivity contribution >= 4 is 23.7 Å². The van der Waals surface area contributed by atoms with Gasteiger partial charge in [-0.2, -0.15) is 0 Å². The number of nitrogens with one attached hydrogen (secondary N) is 2. The largest absolute Gasteiger partial charge is 0.490 e. The first kappa shape index (κ1) is 24.3. The second-order valence-corrected chi connectivity index (χ2v) is 8.83. The van der Waals surface area contributed by atoms with Gasteiger partial charge in [0.05, 0.1) is 31.1 Å². The molecular formula is C25H29N3O7. The summed E-state index contributed by atoms with van der Waals surface area (Å²) in [5, 5.41) is 2.73. The summed E-state index contributed by atoms with van der Waals surface area (Å²) in [4.78, 5) is 56.0. The van der Waals surface area contributed by atoms with Crippen LogP contribution in [-0.4, -0.2) is 59.4 Å². The Balaban J connectivity index is 1.62. The van der Waals surface area contributed by atoms with Crippen molar-refractivity contribution in [3.63, 3.8) is 0 Å². The highest BCUT2D eigenvalue weighted by molar-refractivity contribution is 6.13. The molecule has 2 N–H and O–H groups in total. The zero-order valence-electron chi connectivity index (χ0n) is 20.4. The van der Waals surface area contributed by atoms with Crippen LogP contribution in [0.5, 0.6) is 11.5 Å². The molecule has 1 aromatic carbocycles. The van der Waals surface area contributed by atoms with E-state index < -0.39 is 35.3 Å². The number of Topliss-reactive ketones (excluding diaryl/α,β-unsaturated/α-hetero) is 1. The van der Waals surface area contributed by atoms with Gasteiger partial charge in [-0.15, -0.1) is 0 Å². The number of amides is 3. The quantitative estimate of drug-likeness (QED) is 0.367. The van der Waals surface area contributed by atoms with Crippen molar-refractivity contribution in [3.05, 3.63) is 46.3 Å². The van der Waals surface area contributed by atoms with E-state index in [0.717, 1.165) is 11.3 Å². The predicted octanol–water partition coefficient (Wildman–Crippen LogP) is 3.01. The molecule has 1 fully saturated rings. The summed E-state index contributed by atoms with van der Waals surface area (Å²) in [7, 11) is 0. The molecule has 2 aliphatic rings. The second-order valence-electron chi connectivity index (χ2n) is 8.83. The molecule has 10 nitrogen and oxygen atoms in total. The van der Waals surface area contributed by atoms with Crippen LogP contribution in [0.25, 0.3) is 0 Å². The van der Waals surface area contributed by atoms with Crippen molar-refractivity contribution in [1.82, 2.24) is 15.2 Å². The number of hydrogen-bond donors (Lipinski definition) is 2. The lowest BCUT2D eigenvalue weighted by Gasteiger charge is -2.25. The number of aromatic amines is 1. The van der Waals surface area contributed by atoms with E-state index in [2.05, 4.69) is 10.3 Å². The number of rotatable bonds is 6. The summed E-state index contributed by atoms with van der Waals surface area (Å²) < 4.78 is 16.5. The molecule has 10 heteroatoms. The van der Waals surface area contributed by atoms with Crippen molar-refractivity contribution in [2.45, 2.75) is 52.6 Å². The molecule has 0 aliphatic carbocycles. The minimum Gasteiger partial charge on any atom is -0.490 e. The minimum atomic E-state index is -1.40. The Morgan fingerprint density at radius 2 is 1.86 bits per heavy atom. The van der Waals surface area contributed by atoms with E-state index in [9.17, 15) is 19.2 Å². The number of imide groups is 1. The maximum atomic E-state index is 13.5. The van der Waals surface area contributed by atoms with Crippen molar-refractivity contribution < 1.29 is 33.4 Å². The van der Waals surface area contributed by atoms with Gasteiger partial charge in [0.25, 0.3) is 5.91 Å². The molecule has 0 saturated carbocycles. The van der Waals surface area contributed by atoms with E-state index in [-0.39, 0.29) is 17.9 Å². The molecule has 2 unspecified atom stereocenters. The Kier molecular flexibility index (Phi) is 6.31. The van der Waals surface area contributed by atoms with Gasteiger partial charge in [-0.25, -0.2) is 9.59 Å². The third kappa shape index (κ3) is 4.02. The number of urea groups is 1. The van der Waals surface area contributed by atoms with Crippen LogP contribution in [0.15, 0.2) is 18.2 Å². The Morgan fingerprint density at radius 1 is 1.17 bits per heavy atom. The van der Waals surface area contributed by atoms with Crippen LogP contribution in [0.3, 0.4) is 0 Å². The van der Waals surface area contributed by atoms with Crippen molar-refractivity contribution in [2.24, 2.45) is 0 Å². The van der Waals surface area contributed by atoms with Crippen LogP contribution in [0.1, 0.15) is 64.9 Å². The summed E-state index contributed by atoms with van der Waals surface area (Å²) in [6.07, 6.45) is 0.736. The zero-order valence-corrected chi connectivity index (χ0v) is 20.4. The number of aryl methyl sites for hydroxylation is 1. The average molecular weight is 484 g/mol. The lowest BCUT2D eigenvalue weighted by Crippen LogP contribution is -2.45. The number of benzene rings is 1. The van der Waals surface area contributed by atoms with Crippen LogP contribution >= 0.6 is 0 Å². The molecule has 35 heavy (non-hydrogen) atoms. The topological polar surface area (TPSA) is 127 Å². The molecule has 2 atom stereocenters. The first-order chi connectivity index (χ1) is 16.6. The molecule has 0 spiro atoms. The number of H-pyrrole nitrogens is 1. The molecule has 1 saturated heterocycles. The van der Waals surface area contributed by atoms with Crippen LogP contribution < -0.4 is 14.8 Å². The smallest absolute Gasteiger partial charge is 0.340 e. The maximum Gasteiger partial charge on any atom is 0.340 e. The van der Waals surface area contributed by atoms with Gasteiger partial charge >= 0.3 is 12.0 Å². The van der Waals surface area contributed by atoms with Gasteiger partial charge in [-0.1, -0.05) is 6.07 Å². The standard InChI is InChI=1S/C25H29N3O7/c1-6-33-22(30)19-13(2)20(26-14(19)3)21(29)15(4)28-23(31)25(5,27-24(28)32)16-8-9-17-18(12-16)35-11-7-10-34-17/h8-9,12,15,26H,6-7,10-11H2,1-5H3,(H,27,32). The van der Waals surface area contributed by atoms with E-state index in [1.807, 2.05) is 0 Å². The third-order valence-electron chi connectivity index (χ3n) is 6.48. The van der Waals surface area contributed by atoms with Crippen molar-refractivity contribution in [2.75, 3.05) is 19.8 Å². The van der Waals surface area contributed by atoms with E-state index in [1.165, 1.54) is 6.92 Å². The summed E-state index contributed by atoms with van der Waals surface area (Å²) in [5.41, 5.74) is 0.437. The van der Waals surface area contributed by atoms with E-state index >= 15 is 0 Å². The number of carbonyl (C=O) groups is 4. The molecule has 3 heterocycles. The summed E-state index contributed by atoms with van der Waals surface area (Å²) in [5.74, 6) is -0.531. The van der Waals surface area contributed by atoms with Crippen LogP contribution in [0.4, 0.5) is 4.79 Å². The average Bonchev–Trinajstić information content (AvgIpc) is 3.10. The predicted molar refractivity (Wildman–Crippen MR) is 125 cm³/mol. The lowest BCUT2D eigenvalue weighted by molar-refractivity contribution is -0.131. The van der Waals surface area contributed by atoms with E-state index in [1.54, 1.807) is 45.9 Å². The van der Waals surface area contributed by atoms with Gasteiger partial charge in [0.2, 0.25) is 5.78 Å². The second kappa shape index (κ2) is 9.09. The third-order valence-corrected chi connectivity index (χ3v) is 6.48. The van der Waals surface area contributed by atoms with Gasteiger partial charge in [-0.05, 0) is 57.9 Å². The van der Waals surface area contributed by atoms with Crippen molar-refractivity contribution in [1.29, 1.82) is 0 Å². The van der Waals surface area contributed by atoms with Crippen LogP contribution in [-0.2, 0) is 15.1 Å².